The van der Waals surface area contributed by atoms with Crippen LogP contribution in [-0.4, -0.2) is 26.4 Å². The molecule has 1 aromatic rings. The molecule has 9 heteroatoms. The maximum atomic E-state index is 12.2. The molecule has 0 bridgehead atoms. The minimum Gasteiger partial charge on any atom is -0.374 e. The van der Waals surface area contributed by atoms with Gasteiger partial charge in [0.15, 0.2) is 5.00 Å². The van der Waals surface area contributed by atoms with E-state index in [1.54, 1.807) is 6.92 Å². The van der Waals surface area contributed by atoms with Crippen LogP contribution in [0.3, 0.4) is 0 Å². The molecule has 7 nitrogen and oxygen atoms in total. The SMILES string of the molecule is CCCCC(C)NS(=O)(=O)c1cc([N+](=O)[O-])c(NC)s1. The van der Waals surface area contributed by atoms with Gasteiger partial charge in [0.1, 0.15) is 4.21 Å². The van der Waals surface area contributed by atoms with E-state index < -0.39 is 14.9 Å². The van der Waals surface area contributed by atoms with Crippen LogP contribution < -0.4 is 10.0 Å². The Hall–Kier alpha value is -1.19. The molecule has 0 amide bonds. The lowest BCUT2D eigenvalue weighted by Crippen LogP contribution is -2.32. The lowest BCUT2D eigenvalue weighted by Gasteiger charge is -2.12. The Morgan fingerprint density at radius 2 is 2.15 bits per heavy atom. The van der Waals surface area contributed by atoms with Crippen molar-refractivity contribution in [3.63, 3.8) is 0 Å². The molecule has 1 rings (SSSR count). The van der Waals surface area contributed by atoms with Crippen molar-refractivity contribution in [2.45, 2.75) is 43.4 Å². The van der Waals surface area contributed by atoms with Crippen molar-refractivity contribution in [2.24, 2.45) is 0 Å². The van der Waals surface area contributed by atoms with Crippen molar-refractivity contribution < 1.29 is 13.3 Å². The maximum Gasteiger partial charge on any atom is 0.304 e. The normalized spacial score (nSPS) is 13.2. The first-order valence-electron chi connectivity index (χ1n) is 6.30. The molecule has 0 aliphatic carbocycles. The number of nitrogens with zero attached hydrogens (tertiary/aromatic N) is 1. The van der Waals surface area contributed by atoms with Gasteiger partial charge in [-0.1, -0.05) is 31.1 Å². The summed E-state index contributed by atoms with van der Waals surface area (Å²) in [6, 6.07) is 0.893. The molecule has 0 fully saturated rings. The number of hydrogen-bond donors (Lipinski definition) is 2. The van der Waals surface area contributed by atoms with Crippen LogP contribution in [0.25, 0.3) is 0 Å². The second kappa shape index (κ2) is 7.00. The Morgan fingerprint density at radius 1 is 1.50 bits per heavy atom. The Labute approximate surface area is 122 Å². The number of anilines is 1. The minimum atomic E-state index is -3.71. The van der Waals surface area contributed by atoms with E-state index >= 15 is 0 Å². The zero-order chi connectivity index (χ0) is 15.3. The van der Waals surface area contributed by atoms with Gasteiger partial charge in [-0.15, -0.1) is 0 Å². The minimum absolute atomic E-state index is 0.0445. The van der Waals surface area contributed by atoms with Gasteiger partial charge < -0.3 is 5.32 Å². The largest absolute Gasteiger partial charge is 0.374 e. The molecule has 20 heavy (non-hydrogen) atoms. The molecule has 114 valence electrons. The van der Waals surface area contributed by atoms with E-state index in [1.165, 1.54) is 7.05 Å². The molecular formula is C11H19N3O4S2. The summed E-state index contributed by atoms with van der Waals surface area (Å²) < 4.78 is 26.8. The van der Waals surface area contributed by atoms with Crippen LogP contribution in [0, 0.1) is 10.1 Å². The number of thiophene rings is 1. The van der Waals surface area contributed by atoms with Gasteiger partial charge in [-0.3, -0.25) is 10.1 Å². The Kier molecular flexibility index (Phi) is 5.90. The molecular weight excluding hydrogens is 302 g/mol. The quantitative estimate of drug-likeness (QED) is 0.566. The van der Waals surface area contributed by atoms with E-state index in [1.807, 2.05) is 6.92 Å². The molecule has 1 aromatic heterocycles. The summed E-state index contributed by atoms with van der Waals surface area (Å²) in [5.74, 6) is 0. The Morgan fingerprint density at radius 3 is 2.60 bits per heavy atom. The van der Waals surface area contributed by atoms with Gasteiger partial charge in [0.05, 0.1) is 4.92 Å². The third kappa shape index (κ3) is 4.15. The lowest BCUT2D eigenvalue weighted by molar-refractivity contribution is -0.383. The second-order valence-corrected chi connectivity index (χ2v) is 7.44. The first-order valence-corrected chi connectivity index (χ1v) is 8.60. The summed E-state index contributed by atoms with van der Waals surface area (Å²) in [5.41, 5.74) is -0.223. The third-order valence-corrected chi connectivity index (χ3v) is 5.93. The van der Waals surface area contributed by atoms with Crippen LogP contribution in [-0.2, 0) is 10.0 Å². The lowest BCUT2D eigenvalue weighted by atomic mass is 10.2. The van der Waals surface area contributed by atoms with Crippen LogP contribution in [0.4, 0.5) is 10.7 Å². The van der Waals surface area contributed by atoms with Crippen molar-refractivity contribution in [3.05, 3.63) is 16.2 Å². The number of sulfonamides is 1. The molecule has 2 N–H and O–H groups in total. The molecule has 0 aliphatic rings. The second-order valence-electron chi connectivity index (χ2n) is 4.45. The number of unbranched alkanes of at least 4 members (excludes halogenated alkanes) is 1. The molecule has 0 spiro atoms. The van der Waals surface area contributed by atoms with Crippen molar-refractivity contribution in [1.29, 1.82) is 0 Å². The predicted octanol–water partition coefficient (Wildman–Crippen LogP) is 2.56. The molecule has 0 saturated carbocycles. The fourth-order valence-electron chi connectivity index (χ4n) is 1.70. The highest BCUT2D eigenvalue weighted by molar-refractivity contribution is 7.91. The average molecular weight is 321 g/mol. The monoisotopic (exact) mass is 321 g/mol. The highest BCUT2D eigenvalue weighted by Crippen LogP contribution is 2.36. The van der Waals surface area contributed by atoms with Gasteiger partial charge in [-0.05, 0) is 13.3 Å². The van der Waals surface area contributed by atoms with Gasteiger partial charge in [-0.25, -0.2) is 13.1 Å². The van der Waals surface area contributed by atoms with Crippen molar-refractivity contribution >= 4 is 32.0 Å². The zero-order valence-electron chi connectivity index (χ0n) is 11.7. The van der Waals surface area contributed by atoms with Gasteiger partial charge in [0, 0.05) is 19.2 Å². The zero-order valence-corrected chi connectivity index (χ0v) is 13.3. The molecule has 1 unspecified atom stereocenters. The third-order valence-electron chi connectivity index (χ3n) is 2.73. The fourth-order valence-corrected chi connectivity index (χ4v) is 4.27. The number of rotatable bonds is 8. The Bertz CT molecular complexity index is 568. The van der Waals surface area contributed by atoms with Gasteiger partial charge >= 0.3 is 5.69 Å². The van der Waals surface area contributed by atoms with Gasteiger partial charge in [-0.2, -0.15) is 0 Å². The van der Waals surface area contributed by atoms with E-state index in [0.29, 0.717) is 0 Å². The molecule has 0 radical (unpaired) electrons. The first-order chi connectivity index (χ1) is 9.31. The van der Waals surface area contributed by atoms with Crippen LogP contribution in [0.15, 0.2) is 10.3 Å². The van der Waals surface area contributed by atoms with E-state index in [9.17, 15) is 18.5 Å². The summed E-state index contributed by atoms with van der Waals surface area (Å²) in [4.78, 5) is 10.2. The summed E-state index contributed by atoms with van der Waals surface area (Å²) in [6.45, 7) is 3.82. The fraction of sp³-hybridized carbons (Fsp3) is 0.636. The van der Waals surface area contributed by atoms with E-state index in [0.717, 1.165) is 36.7 Å². The van der Waals surface area contributed by atoms with E-state index in [4.69, 9.17) is 0 Å². The topological polar surface area (TPSA) is 101 Å². The van der Waals surface area contributed by atoms with E-state index in [-0.39, 0.29) is 20.9 Å². The molecule has 0 aromatic carbocycles. The molecule has 0 aliphatic heterocycles. The van der Waals surface area contributed by atoms with Gasteiger partial charge in [0.2, 0.25) is 0 Å². The smallest absolute Gasteiger partial charge is 0.304 e. The highest BCUT2D eigenvalue weighted by atomic mass is 32.2. The molecule has 0 saturated heterocycles. The van der Waals surface area contributed by atoms with E-state index in [2.05, 4.69) is 10.0 Å². The Balaban J connectivity index is 2.95. The predicted molar refractivity (Wildman–Crippen MR) is 79.8 cm³/mol. The van der Waals surface area contributed by atoms with Crippen LogP contribution in [0.1, 0.15) is 33.1 Å². The summed E-state index contributed by atoms with van der Waals surface area (Å²) >= 11 is 0.857. The number of hydrogen-bond acceptors (Lipinski definition) is 6. The van der Waals surface area contributed by atoms with Crippen LogP contribution >= 0.6 is 11.3 Å². The number of nitrogens with one attached hydrogen (secondary N) is 2. The number of nitro groups is 1. The molecule has 1 atom stereocenters. The van der Waals surface area contributed by atoms with Gasteiger partial charge in [0.25, 0.3) is 10.0 Å². The van der Waals surface area contributed by atoms with Crippen LogP contribution in [0.2, 0.25) is 0 Å². The summed E-state index contributed by atoms with van der Waals surface area (Å²) in [6.07, 6.45) is 2.65. The molecule has 1 heterocycles. The van der Waals surface area contributed by atoms with Crippen molar-refractivity contribution in [1.82, 2.24) is 4.72 Å². The van der Waals surface area contributed by atoms with Crippen molar-refractivity contribution in [2.75, 3.05) is 12.4 Å². The average Bonchev–Trinajstić information content (AvgIpc) is 2.80. The summed E-state index contributed by atoms with van der Waals surface area (Å²) in [7, 11) is -2.19. The van der Waals surface area contributed by atoms with Crippen molar-refractivity contribution in [3.8, 4) is 0 Å². The standard InChI is InChI=1S/C11H19N3O4S2/c1-4-5-6-8(2)13-20(17,18)10-7-9(14(15)16)11(12-3)19-10/h7-8,12-13H,4-6H2,1-3H3. The highest BCUT2D eigenvalue weighted by Gasteiger charge is 2.26. The first kappa shape index (κ1) is 16.9. The maximum absolute atomic E-state index is 12.2. The van der Waals surface area contributed by atoms with Crippen LogP contribution in [0.5, 0.6) is 0 Å². The summed E-state index contributed by atoms with van der Waals surface area (Å²) in [5, 5.41) is 13.7.